The lowest BCUT2D eigenvalue weighted by Crippen LogP contribution is -2.27. The van der Waals surface area contributed by atoms with Crippen molar-refractivity contribution in [3.63, 3.8) is 0 Å². The lowest BCUT2D eigenvalue weighted by Gasteiger charge is -2.26. The Balaban J connectivity index is 0.849. The van der Waals surface area contributed by atoms with Crippen molar-refractivity contribution < 1.29 is 42.9 Å². The number of Topliss-reactive ketones (excluding diaryl/α,β-unsaturated/α-hetero) is 1. The molecule has 0 bridgehead atoms. The molecule has 0 heterocycles. The molecular weight excluding hydrogens is 879 g/mol. The molecule has 1 unspecified atom stereocenters. The number of benzene rings is 8. The number of ether oxygens (including phenoxy) is 4. The average Bonchev–Trinajstić information content (AvgIpc) is 3.39. The Hall–Kier alpha value is -8.63. The fraction of sp³-hybridized carbons (Fsp3) is 0.150. The van der Waals surface area contributed by atoms with Crippen LogP contribution < -0.4 is 23.8 Å². The summed E-state index contributed by atoms with van der Waals surface area (Å²) in [6.07, 6.45) is 2.04. The van der Waals surface area contributed by atoms with Crippen molar-refractivity contribution in [1.82, 2.24) is 0 Å². The van der Waals surface area contributed by atoms with Gasteiger partial charge in [0.15, 0.2) is 18.4 Å². The quantitative estimate of drug-likeness (QED) is 0.0358. The van der Waals surface area contributed by atoms with Crippen LogP contribution in [0.25, 0.3) is 10.8 Å². The molecule has 0 radical (unpaired) electrons. The van der Waals surface area contributed by atoms with Gasteiger partial charge in [-0.2, -0.15) is 0 Å². The molecule has 0 aliphatic heterocycles. The first-order chi connectivity index (χ1) is 33.8. The van der Waals surface area contributed by atoms with E-state index in [2.05, 4.69) is 13.8 Å². The number of hydrogen-bond donors (Lipinski definition) is 0. The monoisotopic (exact) mass is 929 g/mol. The molecule has 1 amide bonds. The standard InChI is InChI=1S/C60H51NO9/c1-39(41-12-8-15-52(33-41)70-59(66)43-18-17-40-10-6-7-11-42(40)32-43)16-31-57(64)55-29-27-53(34-44(55)37-62)68-49-23-19-46(20-24-49)60(2,3)47-21-25-50(26-22-47)69-54-28-30-56(45(35-54)38-63)58(65)61(4)48-13-9-14-51(36-48)67-5/h6-15,17-30,32-39H,16,31H2,1-5H3. The molecule has 0 aromatic heterocycles. The number of esters is 1. The Kier molecular flexibility index (Phi) is 14.4. The van der Waals surface area contributed by atoms with E-state index in [0.717, 1.165) is 27.5 Å². The van der Waals surface area contributed by atoms with E-state index in [4.69, 9.17) is 18.9 Å². The second-order valence-corrected chi connectivity index (χ2v) is 17.6. The number of rotatable bonds is 18. The Morgan fingerprint density at radius 2 is 1.14 bits per heavy atom. The molecule has 1 atom stereocenters. The molecule has 70 heavy (non-hydrogen) atoms. The number of amides is 1. The first kappa shape index (κ1) is 47.8. The molecule has 0 aliphatic rings. The van der Waals surface area contributed by atoms with Crippen molar-refractivity contribution in [1.29, 1.82) is 0 Å². The summed E-state index contributed by atoms with van der Waals surface area (Å²) < 4.78 is 23.3. The van der Waals surface area contributed by atoms with Gasteiger partial charge in [0.1, 0.15) is 34.5 Å². The van der Waals surface area contributed by atoms with Crippen LogP contribution in [-0.4, -0.2) is 44.4 Å². The summed E-state index contributed by atoms with van der Waals surface area (Å²) in [6.45, 7) is 6.24. The van der Waals surface area contributed by atoms with E-state index in [0.29, 0.717) is 70.3 Å². The maximum Gasteiger partial charge on any atom is 0.343 e. The Labute approximate surface area is 407 Å². The summed E-state index contributed by atoms with van der Waals surface area (Å²) in [7, 11) is 3.20. The molecule has 350 valence electrons. The molecule has 0 fully saturated rings. The van der Waals surface area contributed by atoms with Crippen LogP contribution in [0.15, 0.2) is 176 Å². The van der Waals surface area contributed by atoms with Gasteiger partial charge in [0.25, 0.3) is 5.91 Å². The fourth-order valence-electron chi connectivity index (χ4n) is 8.30. The molecule has 0 saturated heterocycles. The number of anilines is 1. The number of carbonyl (C=O) groups is 5. The van der Waals surface area contributed by atoms with Gasteiger partial charge in [-0.1, -0.05) is 93.6 Å². The van der Waals surface area contributed by atoms with Crippen LogP contribution in [0.3, 0.4) is 0 Å². The van der Waals surface area contributed by atoms with E-state index in [1.54, 1.807) is 87.0 Å². The zero-order chi connectivity index (χ0) is 49.4. The number of aldehydes is 2. The van der Waals surface area contributed by atoms with Crippen LogP contribution in [0.4, 0.5) is 5.69 Å². The first-order valence-corrected chi connectivity index (χ1v) is 22.8. The van der Waals surface area contributed by atoms with Gasteiger partial charge in [-0.3, -0.25) is 19.2 Å². The van der Waals surface area contributed by atoms with Crippen molar-refractivity contribution in [2.45, 2.75) is 44.9 Å². The Morgan fingerprint density at radius 3 is 1.77 bits per heavy atom. The van der Waals surface area contributed by atoms with Crippen molar-refractivity contribution in [3.05, 3.63) is 220 Å². The van der Waals surface area contributed by atoms with E-state index < -0.39 is 11.4 Å². The average molecular weight is 930 g/mol. The molecular formula is C60H51NO9. The minimum Gasteiger partial charge on any atom is -0.497 e. The fourth-order valence-corrected chi connectivity index (χ4v) is 8.30. The summed E-state index contributed by atoms with van der Waals surface area (Å²) in [5, 5.41) is 1.99. The summed E-state index contributed by atoms with van der Waals surface area (Å²) in [6, 6.07) is 52.8. The molecule has 10 nitrogen and oxygen atoms in total. The number of carbonyl (C=O) groups excluding carboxylic acids is 5. The number of methoxy groups -OCH3 is 1. The van der Waals surface area contributed by atoms with Crippen LogP contribution in [-0.2, 0) is 5.41 Å². The second-order valence-electron chi connectivity index (χ2n) is 17.6. The lowest BCUT2D eigenvalue weighted by molar-refractivity contribution is 0.0734. The predicted octanol–water partition coefficient (Wildman–Crippen LogP) is 13.6. The van der Waals surface area contributed by atoms with Crippen LogP contribution in [0, 0.1) is 0 Å². The summed E-state index contributed by atoms with van der Waals surface area (Å²) in [5.41, 5.74) is 4.68. The third-order valence-electron chi connectivity index (χ3n) is 12.6. The molecule has 8 rings (SSSR count). The summed E-state index contributed by atoms with van der Waals surface area (Å²) in [5.74, 6) is 2.01. The van der Waals surface area contributed by atoms with Crippen molar-refractivity contribution in [3.8, 4) is 34.5 Å². The molecule has 0 saturated carbocycles. The predicted molar refractivity (Wildman–Crippen MR) is 272 cm³/mol. The molecule has 10 heteroatoms. The number of nitrogens with zero attached hydrogens (tertiary/aromatic N) is 1. The van der Waals surface area contributed by atoms with Gasteiger partial charge in [0.05, 0.1) is 18.2 Å². The van der Waals surface area contributed by atoms with Crippen molar-refractivity contribution in [2.24, 2.45) is 0 Å². The third-order valence-corrected chi connectivity index (χ3v) is 12.6. The summed E-state index contributed by atoms with van der Waals surface area (Å²) >= 11 is 0. The van der Waals surface area contributed by atoms with Crippen LogP contribution >= 0.6 is 0 Å². The second kappa shape index (κ2) is 21.1. The topological polar surface area (TPSA) is 126 Å². The molecule has 0 N–H and O–H groups in total. The molecule has 8 aromatic carbocycles. The van der Waals surface area contributed by atoms with Gasteiger partial charge in [-0.05, 0) is 137 Å². The SMILES string of the molecule is COc1cccc(N(C)C(=O)c2ccc(Oc3ccc(C(C)(C)c4ccc(Oc5ccc(C(=O)CCC(C)c6cccc(OC(=O)c7ccc8ccccc8c7)c6)c(C=O)c5)cc4)cc3)cc2C=O)c1. The minimum atomic E-state index is -0.448. The Morgan fingerprint density at radius 1 is 0.571 bits per heavy atom. The van der Waals surface area contributed by atoms with Crippen LogP contribution in [0.1, 0.15) is 108 Å². The highest BCUT2D eigenvalue weighted by Crippen LogP contribution is 2.36. The lowest BCUT2D eigenvalue weighted by atomic mass is 9.78. The van der Waals surface area contributed by atoms with Crippen LogP contribution in [0.5, 0.6) is 34.5 Å². The third kappa shape index (κ3) is 10.9. The van der Waals surface area contributed by atoms with E-state index >= 15 is 0 Å². The van der Waals surface area contributed by atoms with Crippen molar-refractivity contribution >= 4 is 46.7 Å². The number of hydrogen-bond acceptors (Lipinski definition) is 9. The van der Waals surface area contributed by atoms with E-state index in [9.17, 15) is 24.0 Å². The highest BCUT2D eigenvalue weighted by atomic mass is 16.5. The van der Waals surface area contributed by atoms with E-state index in [-0.39, 0.29) is 40.7 Å². The zero-order valence-electron chi connectivity index (χ0n) is 39.5. The van der Waals surface area contributed by atoms with Gasteiger partial charge in [-0.15, -0.1) is 0 Å². The van der Waals surface area contributed by atoms with Crippen LogP contribution in [0.2, 0.25) is 0 Å². The smallest absolute Gasteiger partial charge is 0.343 e. The largest absolute Gasteiger partial charge is 0.497 e. The highest BCUT2D eigenvalue weighted by molar-refractivity contribution is 6.10. The maximum atomic E-state index is 13.5. The maximum absolute atomic E-state index is 13.5. The van der Waals surface area contributed by atoms with E-state index in [1.165, 1.54) is 4.90 Å². The van der Waals surface area contributed by atoms with E-state index in [1.807, 2.05) is 110 Å². The van der Waals surface area contributed by atoms with Gasteiger partial charge in [-0.25, -0.2) is 4.79 Å². The Bertz CT molecular complexity index is 3230. The first-order valence-electron chi connectivity index (χ1n) is 22.8. The highest BCUT2D eigenvalue weighted by Gasteiger charge is 2.24. The van der Waals surface area contributed by atoms with Gasteiger partial charge >= 0.3 is 5.97 Å². The number of fused-ring (bicyclic) bond motifs is 1. The normalized spacial score (nSPS) is 11.6. The van der Waals surface area contributed by atoms with Gasteiger partial charge in [0, 0.05) is 47.3 Å². The number of ketones is 1. The van der Waals surface area contributed by atoms with Gasteiger partial charge < -0.3 is 23.8 Å². The molecule has 0 spiro atoms. The van der Waals surface area contributed by atoms with Crippen molar-refractivity contribution in [2.75, 3.05) is 19.1 Å². The zero-order valence-corrected chi connectivity index (χ0v) is 39.5. The van der Waals surface area contributed by atoms with Gasteiger partial charge in [0.2, 0.25) is 0 Å². The minimum absolute atomic E-state index is 0.0278. The molecule has 8 aromatic rings. The summed E-state index contributed by atoms with van der Waals surface area (Å²) in [4.78, 5) is 65.7. The molecule has 0 aliphatic carbocycles.